The molecular formula is C20H25N3O3. The summed E-state index contributed by atoms with van der Waals surface area (Å²) in [6.07, 6.45) is 1.33. The van der Waals surface area contributed by atoms with E-state index >= 15 is 0 Å². The van der Waals surface area contributed by atoms with Crippen LogP contribution in [0.25, 0.3) is 0 Å². The first kappa shape index (κ1) is 18.0. The minimum absolute atomic E-state index is 0.0228. The van der Waals surface area contributed by atoms with Crippen molar-refractivity contribution in [1.29, 1.82) is 0 Å². The van der Waals surface area contributed by atoms with Gasteiger partial charge in [-0.25, -0.2) is 4.79 Å². The maximum Gasteiger partial charge on any atom is 0.321 e. The summed E-state index contributed by atoms with van der Waals surface area (Å²) in [5.41, 5.74) is 0.778. The number of anilines is 1. The van der Waals surface area contributed by atoms with Gasteiger partial charge in [0.25, 0.3) is 0 Å². The monoisotopic (exact) mass is 355 g/mol. The molecule has 1 aliphatic rings. The summed E-state index contributed by atoms with van der Waals surface area (Å²) >= 11 is 0. The average molecular weight is 355 g/mol. The van der Waals surface area contributed by atoms with Gasteiger partial charge in [-0.15, -0.1) is 0 Å². The molecule has 1 aliphatic heterocycles. The van der Waals surface area contributed by atoms with E-state index in [1.165, 1.54) is 0 Å². The highest BCUT2D eigenvalue weighted by Gasteiger charge is 2.28. The van der Waals surface area contributed by atoms with Crippen molar-refractivity contribution < 1.29 is 14.0 Å². The third-order valence-corrected chi connectivity index (χ3v) is 4.72. The smallest absolute Gasteiger partial charge is 0.321 e. The number of nitrogens with one attached hydrogen (secondary N) is 2. The van der Waals surface area contributed by atoms with Crippen LogP contribution < -0.4 is 10.6 Å². The summed E-state index contributed by atoms with van der Waals surface area (Å²) in [4.78, 5) is 26.6. The molecule has 138 valence electrons. The zero-order valence-electron chi connectivity index (χ0n) is 15.2. The third kappa shape index (κ3) is 4.45. The molecule has 2 N–H and O–H groups in total. The standard InChI is InChI=1S/C20H25N3O3/c1-14-8-9-18(26-14)15(2)21-19(24)16-10-12-23(13-11-16)20(25)22-17-6-4-3-5-7-17/h3-9,15-16H,10-13H2,1-2H3,(H,21,24)(H,22,25). The largest absolute Gasteiger partial charge is 0.464 e. The Morgan fingerprint density at radius 3 is 2.42 bits per heavy atom. The van der Waals surface area contributed by atoms with E-state index in [0.717, 1.165) is 17.2 Å². The van der Waals surface area contributed by atoms with Crippen LogP contribution in [0, 0.1) is 12.8 Å². The normalized spacial score (nSPS) is 16.2. The number of benzene rings is 1. The van der Waals surface area contributed by atoms with Crippen LogP contribution in [-0.2, 0) is 4.79 Å². The molecule has 0 radical (unpaired) electrons. The third-order valence-electron chi connectivity index (χ3n) is 4.72. The van der Waals surface area contributed by atoms with Gasteiger partial charge in [-0.3, -0.25) is 4.79 Å². The van der Waals surface area contributed by atoms with Crippen molar-refractivity contribution in [2.24, 2.45) is 5.92 Å². The molecule has 3 amide bonds. The van der Waals surface area contributed by atoms with Gasteiger partial charge >= 0.3 is 6.03 Å². The number of urea groups is 1. The SMILES string of the molecule is Cc1ccc(C(C)NC(=O)C2CCN(C(=O)Nc3ccccc3)CC2)o1. The molecule has 0 bridgehead atoms. The molecule has 6 nitrogen and oxygen atoms in total. The molecule has 6 heteroatoms. The van der Waals surface area contributed by atoms with E-state index in [1.54, 1.807) is 4.90 Å². The number of hydrogen-bond acceptors (Lipinski definition) is 3. The second kappa shape index (κ2) is 8.08. The molecule has 2 heterocycles. The number of para-hydroxylation sites is 1. The fraction of sp³-hybridized carbons (Fsp3) is 0.400. The van der Waals surface area contributed by atoms with Crippen molar-refractivity contribution in [2.45, 2.75) is 32.7 Å². The number of carbonyl (C=O) groups is 2. The zero-order chi connectivity index (χ0) is 18.5. The average Bonchev–Trinajstić information content (AvgIpc) is 3.09. The number of carbonyl (C=O) groups excluding carboxylic acids is 2. The topological polar surface area (TPSA) is 74.6 Å². The Morgan fingerprint density at radius 1 is 1.12 bits per heavy atom. The van der Waals surface area contributed by atoms with Crippen molar-refractivity contribution in [2.75, 3.05) is 18.4 Å². The molecule has 1 saturated heterocycles. The highest BCUT2D eigenvalue weighted by Crippen LogP contribution is 2.21. The predicted molar refractivity (Wildman–Crippen MR) is 99.8 cm³/mol. The van der Waals surface area contributed by atoms with Crippen LogP contribution >= 0.6 is 0 Å². The number of aryl methyl sites for hydroxylation is 1. The summed E-state index contributed by atoms with van der Waals surface area (Å²) in [5.74, 6) is 1.54. The summed E-state index contributed by atoms with van der Waals surface area (Å²) in [7, 11) is 0. The zero-order valence-corrected chi connectivity index (χ0v) is 15.2. The van der Waals surface area contributed by atoms with E-state index in [-0.39, 0.29) is 23.9 Å². The number of hydrogen-bond donors (Lipinski definition) is 2. The van der Waals surface area contributed by atoms with Gasteiger partial charge in [-0.2, -0.15) is 0 Å². The lowest BCUT2D eigenvalue weighted by molar-refractivity contribution is -0.127. The second-order valence-corrected chi connectivity index (χ2v) is 6.74. The van der Waals surface area contributed by atoms with E-state index in [0.29, 0.717) is 25.9 Å². The fourth-order valence-electron chi connectivity index (χ4n) is 3.16. The number of likely N-dealkylation sites (tertiary alicyclic amines) is 1. The molecule has 1 aromatic heterocycles. The van der Waals surface area contributed by atoms with Crippen molar-refractivity contribution >= 4 is 17.6 Å². The summed E-state index contributed by atoms with van der Waals surface area (Å²) in [5, 5.41) is 5.90. The van der Waals surface area contributed by atoms with Crippen LogP contribution in [0.1, 0.15) is 37.3 Å². The summed E-state index contributed by atoms with van der Waals surface area (Å²) in [6, 6.07) is 12.9. The highest BCUT2D eigenvalue weighted by molar-refractivity contribution is 5.89. The van der Waals surface area contributed by atoms with E-state index < -0.39 is 0 Å². The lowest BCUT2D eigenvalue weighted by Crippen LogP contribution is -2.44. The molecule has 2 aromatic rings. The molecule has 3 rings (SSSR count). The predicted octanol–water partition coefficient (Wildman–Crippen LogP) is 3.71. The number of rotatable bonds is 4. The Labute approximate surface area is 153 Å². The summed E-state index contributed by atoms with van der Waals surface area (Å²) in [6.45, 7) is 4.95. The van der Waals surface area contributed by atoms with Gasteiger partial charge in [0.2, 0.25) is 5.91 Å². The number of amides is 3. The van der Waals surface area contributed by atoms with Crippen molar-refractivity contribution in [3.05, 3.63) is 54.0 Å². The molecule has 26 heavy (non-hydrogen) atoms. The van der Waals surface area contributed by atoms with Crippen LogP contribution in [-0.4, -0.2) is 29.9 Å². The van der Waals surface area contributed by atoms with Crippen molar-refractivity contribution in [3.8, 4) is 0 Å². The van der Waals surface area contributed by atoms with Crippen molar-refractivity contribution in [1.82, 2.24) is 10.2 Å². The van der Waals surface area contributed by atoms with Crippen LogP contribution in [0.5, 0.6) is 0 Å². The molecule has 1 fully saturated rings. The Bertz CT molecular complexity index is 749. The summed E-state index contributed by atoms with van der Waals surface area (Å²) < 4.78 is 5.56. The first-order valence-corrected chi connectivity index (χ1v) is 9.00. The number of nitrogens with zero attached hydrogens (tertiary/aromatic N) is 1. The first-order chi connectivity index (χ1) is 12.5. The maximum absolute atomic E-state index is 12.5. The Hall–Kier alpha value is -2.76. The molecule has 0 saturated carbocycles. The van der Waals surface area contributed by atoms with E-state index in [9.17, 15) is 9.59 Å². The van der Waals surface area contributed by atoms with Gasteiger partial charge in [0, 0.05) is 24.7 Å². The van der Waals surface area contributed by atoms with Gasteiger partial charge in [0.1, 0.15) is 11.5 Å². The van der Waals surface area contributed by atoms with Crippen LogP contribution in [0.4, 0.5) is 10.5 Å². The fourth-order valence-corrected chi connectivity index (χ4v) is 3.16. The first-order valence-electron chi connectivity index (χ1n) is 9.00. The number of piperidine rings is 1. The maximum atomic E-state index is 12.5. The molecule has 1 aromatic carbocycles. The quantitative estimate of drug-likeness (QED) is 0.878. The minimum atomic E-state index is -0.157. The van der Waals surface area contributed by atoms with E-state index in [4.69, 9.17) is 4.42 Å². The van der Waals surface area contributed by atoms with Gasteiger partial charge in [-0.05, 0) is 51.0 Å². The molecule has 0 spiro atoms. The van der Waals surface area contributed by atoms with Gasteiger partial charge in [-0.1, -0.05) is 18.2 Å². The van der Waals surface area contributed by atoms with Crippen LogP contribution in [0.3, 0.4) is 0 Å². The van der Waals surface area contributed by atoms with Gasteiger partial charge in [0.05, 0.1) is 6.04 Å². The molecular weight excluding hydrogens is 330 g/mol. The molecule has 1 atom stereocenters. The van der Waals surface area contributed by atoms with Crippen molar-refractivity contribution in [3.63, 3.8) is 0 Å². The minimum Gasteiger partial charge on any atom is -0.464 e. The lowest BCUT2D eigenvalue weighted by atomic mass is 9.95. The van der Waals surface area contributed by atoms with E-state index in [1.807, 2.05) is 56.3 Å². The van der Waals surface area contributed by atoms with Gasteiger partial charge in [0.15, 0.2) is 0 Å². The Balaban J connectivity index is 1.47. The highest BCUT2D eigenvalue weighted by atomic mass is 16.3. The van der Waals surface area contributed by atoms with Gasteiger partial charge < -0.3 is 20.0 Å². The van der Waals surface area contributed by atoms with Crippen LogP contribution in [0.2, 0.25) is 0 Å². The van der Waals surface area contributed by atoms with Crippen LogP contribution in [0.15, 0.2) is 46.9 Å². The number of furan rings is 1. The lowest BCUT2D eigenvalue weighted by Gasteiger charge is -2.31. The van der Waals surface area contributed by atoms with E-state index in [2.05, 4.69) is 10.6 Å². The molecule has 1 unspecified atom stereocenters. The molecule has 0 aliphatic carbocycles. The Morgan fingerprint density at radius 2 is 1.81 bits per heavy atom. The Kier molecular flexibility index (Phi) is 5.61. The second-order valence-electron chi connectivity index (χ2n) is 6.74.